The molecule has 0 amide bonds. The van der Waals surface area contributed by atoms with Crippen LogP contribution in [0.1, 0.15) is 26.7 Å². The highest BCUT2D eigenvalue weighted by molar-refractivity contribution is 4.71. The molecule has 1 rings (SSSR count). The molecule has 0 N–H and O–H groups in total. The first kappa shape index (κ1) is 17.9. The second kappa shape index (κ2) is 8.98. The molecule has 2 atom stereocenters. The third-order valence-corrected chi connectivity index (χ3v) is 5.03. The predicted molar refractivity (Wildman–Crippen MR) is 88.4 cm³/mol. The quantitative estimate of drug-likeness (QED) is 0.664. The lowest BCUT2D eigenvalue weighted by Crippen LogP contribution is -2.42. The van der Waals surface area contributed by atoms with Crippen molar-refractivity contribution in [1.29, 1.82) is 0 Å². The van der Waals surface area contributed by atoms with E-state index in [0.29, 0.717) is 12.1 Å². The van der Waals surface area contributed by atoms with Crippen molar-refractivity contribution in [1.82, 2.24) is 19.6 Å². The van der Waals surface area contributed by atoms with E-state index in [1.807, 2.05) is 0 Å². The summed E-state index contributed by atoms with van der Waals surface area (Å²) >= 11 is 0. The van der Waals surface area contributed by atoms with Crippen LogP contribution in [0.15, 0.2) is 0 Å². The van der Waals surface area contributed by atoms with Gasteiger partial charge >= 0.3 is 0 Å². The Morgan fingerprint density at radius 3 is 1.25 bits per heavy atom. The van der Waals surface area contributed by atoms with Gasteiger partial charge in [-0.2, -0.15) is 0 Å². The Bertz CT molecular complexity index is 209. The number of hydrogen-bond donors (Lipinski definition) is 0. The van der Waals surface area contributed by atoms with Gasteiger partial charge in [0.25, 0.3) is 0 Å². The van der Waals surface area contributed by atoms with E-state index >= 15 is 0 Å². The lowest BCUT2D eigenvalue weighted by molar-refractivity contribution is 0.156. The highest BCUT2D eigenvalue weighted by Gasteiger charge is 2.15. The molecule has 1 aliphatic rings. The van der Waals surface area contributed by atoms with Gasteiger partial charge in [-0.3, -0.25) is 0 Å². The average Bonchev–Trinajstić information content (AvgIpc) is 2.43. The molecule has 4 nitrogen and oxygen atoms in total. The maximum Gasteiger partial charge on any atom is 0.0109 e. The second-order valence-electron chi connectivity index (χ2n) is 6.84. The number of hydrogen-bond acceptors (Lipinski definition) is 4. The third-order valence-electron chi connectivity index (χ3n) is 5.03. The Kier molecular flexibility index (Phi) is 8.03. The molecule has 1 saturated heterocycles. The summed E-state index contributed by atoms with van der Waals surface area (Å²) in [6.07, 6.45) is 2.52. The van der Waals surface area contributed by atoms with Crippen LogP contribution in [0, 0.1) is 0 Å². The van der Waals surface area contributed by atoms with Crippen molar-refractivity contribution in [2.45, 2.75) is 38.8 Å². The Morgan fingerprint density at radius 1 is 0.550 bits per heavy atom. The molecule has 0 unspecified atom stereocenters. The van der Waals surface area contributed by atoms with Crippen molar-refractivity contribution in [2.75, 3.05) is 67.5 Å². The van der Waals surface area contributed by atoms with Crippen molar-refractivity contribution >= 4 is 0 Å². The first-order valence-electron chi connectivity index (χ1n) is 8.17. The molecule has 4 heteroatoms. The van der Waals surface area contributed by atoms with Gasteiger partial charge in [0.15, 0.2) is 0 Å². The number of nitrogens with zero attached hydrogens (tertiary/aromatic N) is 4. The first-order chi connectivity index (χ1) is 9.40. The van der Waals surface area contributed by atoms with Crippen LogP contribution in [0.5, 0.6) is 0 Å². The third kappa shape index (κ3) is 6.53. The van der Waals surface area contributed by atoms with Crippen LogP contribution in [0.3, 0.4) is 0 Å². The largest absolute Gasteiger partial charge is 0.305 e. The normalized spacial score (nSPS) is 32.1. The molecule has 0 saturated carbocycles. The minimum Gasteiger partial charge on any atom is -0.305 e. The zero-order valence-corrected chi connectivity index (χ0v) is 14.6. The molecule has 1 aliphatic heterocycles. The highest BCUT2D eigenvalue weighted by Crippen LogP contribution is 2.06. The summed E-state index contributed by atoms with van der Waals surface area (Å²) in [7, 11) is 9.04. The highest BCUT2D eigenvalue weighted by atomic mass is 15.2. The molecule has 1 fully saturated rings. The molecule has 0 aliphatic carbocycles. The van der Waals surface area contributed by atoms with Crippen LogP contribution in [-0.4, -0.2) is 99.1 Å². The molecule has 0 spiro atoms. The molecule has 0 aromatic carbocycles. The fourth-order valence-corrected chi connectivity index (χ4v) is 2.58. The van der Waals surface area contributed by atoms with E-state index in [2.05, 4.69) is 61.6 Å². The Labute approximate surface area is 126 Å². The molecule has 0 aromatic rings. The smallest absolute Gasteiger partial charge is 0.0109 e. The molecule has 0 radical (unpaired) electrons. The van der Waals surface area contributed by atoms with Crippen LogP contribution in [0.25, 0.3) is 0 Å². The van der Waals surface area contributed by atoms with Crippen LogP contribution in [-0.2, 0) is 0 Å². The molecule has 0 aromatic heterocycles. The fourth-order valence-electron chi connectivity index (χ4n) is 2.58. The molecule has 0 bridgehead atoms. The van der Waals surface area contributed by atoms with Gasteiger partial charge < -0.3 is 19.6 Å². The maximum atomic E-state index is 2.51. The van der Waals surface area contributed by atoms with Gasteiger partial charge in [-0.1, -0.05) is 0 Å². The van der Waals surface area contributed by atoms with E-state index in [9.17, 15) is 0 Å². The Hall–Kier alpha value is -0.160. The van der Waals surface area contributed by atoms with Gasteiger partial charge in [-0.15, -0.1) is 0 Å². The van der Waals surface area contributed by atoms with Crippen LogP contribution < -0.4 is 0 Å². The summed E-state index contributed by atoms with van der Waals surface area (Å²) in [6, 6.07) is 1.34. The lowest BCUT2D eigenvalue weighted by atomic mass is 10.1. The van der Waals surface area contributed by atoms with Crippen molar-refractivity contribution in [3.63, 3.8) is 0 Å². The zero-order chi connectivity index (χ0) is 15.1. The average molecular weight is 284 g/mol. The topological polar surface area (TPSA) is 13.0 Å². The fraction of sp³-hybridized carbons (Fsp3) is 1.00. The summed E-state index contributed by atoms with van der Waals surface area (Å²) in [5.41, 5.74) is 0. The van der Waals surface area contributed by atoms with Crippen LogP contribution >= 0.6 is 0 Å². The van der Waals surface area contributed by atoms with E-state index in [0.717, 1.165) is 0 Å². The second-order valence-corrected chi connectivity index (χ2v) is 6.84. The Morgan fingerprint density at radius 2 is 0.900 bits per heavy atom. The summed E-state index contributed by atoms with van der Waals surface area (Å²) in [4.78, 5) is 9.97. The van der Waals surface area contributed by atoms with Crippen LogP contribution in [0.2, 0.25) is 0 Å². The molecular weight excluding hydrogens is 248 g/mol. The SMILES string of the molecule is C[C@H]1CCN(C)CCN(C)[C@@H](C)CCN(C)CCN1C. The van der Waals surface area contributed by atoms with Gasteiger partial charge in [-0.25, -0.2) is 0 Å². The number of rotatable bonds is 0. The van der Waals surface area contributed by atoms with E-state index < -0.39 is 0 Å². The van der Waals surface area contributed by atoms with Crippen molar-refractivity contribution < 1.29 is 0 Å². The minimum atomic E-state index is 0.672. The predicted octanol–water partition coefficient (Wildman–Crippen LogP) is 1.28. The van der Waals surface area contributed by atoms with Gasteiger partial charge in [0, 0.05) is 38.3 Å². The maximum absolute atomic E-state index is 2.51. The van der Waals surface area contributed by atoms with Crippen molar-refractivity contribution in [2.24, 2.45) is 0 Å². The van der Waals surface area contributed by atoms with Gasteiger partial charge in [0.2, 0.25) is 0 Å². The summed E-state index contributed by atoms with van der Waals surface area (Å²) in [6.45, 7) is 11.8. The van der Waals surface area contributed by atoms with E-state index in [1.54, 1.807) is 0 Å². The summed E-state index contributed by atoms with van der Waals surface area (Å²) < 4.78 is 0. The van der Waals surface area contributed by atoms with Gasteiger partial charge in [0.05, 0.1) is 0 Å². The van der Waals surface area contributed by atoms with E-state index in [1.165, 1.54) is 52.1 Å². The molecule has 20 heavy (non-hydrogen) atoms. The number of likely N-dealkylation sites (N-methyl/N-ethyl adjacent to an activating group) is 4. The monoisotopic (exact) mass is 284 g/mol. The van der Waals surface area contributed by atoms with Crippen LogP contribution in [0.4, 0.5) is 0 Å². The lowest BCUT2D eigenvalue weighted by Gasteiger charge is -2.32. The standard InChI is InChI=1S/C16H36N4/c1-15-7-9-17(3)12-14-20(6)16(2)8-10-18(4)11-13-19(15)5/h15-16H,7-14H2,1-6H3/t15-,16-/m0/s1. The van der Waals surface area contributed by atoms with Crippen molar-refractivity contribution in [3.05, 3.63) is 0 Å². The summed E-state index contributed by atoms with van der Waals surface area (Å²) in [5.74, 6) is 0. The van der Waals surface area contributed by atoms with Gasteiger partial charge in [0.1, 0.15) is 0 Å². The van der Waals surface area contributed by atoms with Gasteiger partial charge in [-0.05, 0) is 68.0 Å². The van der Waals surface area contributed by atoms with E-state index in [-0.39, 0.29) is 0 Å². The molecular formula is C16H36N4. The molecule has 1 heterocycles. The van der Waals surface area contributed by atoms with Crippen molar-refractivity contribution in [3.8, 4) is 0 Å². The summed E-state index contributed by atoms with van der Waals surface area (Å²) in [5, 5.41) is 0. The first-order valence-corrected chi connectivity index (χ1v) is 8.17. The molecule has 120 valence electrons. The zero-order valence-electron chi connectivity index (χ0n) is 14.6. The Balaban J connectivity index is 2.55. The van der Waals surface area contributed by atoms with E-state index in [4.69, 9.17) is 0 Å². The minimum absolute atomic E-state index is 0.672.